The molecule has 0 saturated heterocycles. The van der Waals surface area contributed by atoms with Crippen molar-refractivity contribution in [1.29, 1.82) is 0 Å². The Hall–Kier alpha value is -2.86. The smallest absolute Gasteiger partial charge is 0.227 e. The van der Waals surface area contributed by atoms with E-state index in [9.17, 15) is 4.79 Å². The molecule has 0 aliphatic heterocycles. The first-order chi connectivity index (χ1) is 11.7. The third kappa shape index (κ3) is 4.33. The van der Waals surface area contributed by atoms with Crippen LogP contribution in [0.15, 0.2) is 60.0 Å². The van der Waals surface area contributed by atoms with Gasteiger partial charge in [0.2, 0.25) is 5.91 Å². The SMILES string of the molecule is Nc1nc(-c2cccc(NC(=O)CCOc3ccccc3)c2)cs1. The number of aromatic nitrogens is 1. The number of nitrogens with one attached hydrogen (secondary N) is 1. The zero-order valence-corrected chi connectivity index (χ0v) is 13.8. The summed E-state index contributed by atoms with van der Waals surface area (Å²) in [4.78, 5) is 16.3. The molecule has 1 aromatic heterocycles. The van der Waals surface area contributed by atoms with E-state index in [-0.39, 0.29) is 12.3 Å². The lowest BCUT2D eigenvalue weighted by Crippen LogP contribution is -2.15. The first-order valence-electron chi connectivity index (χ1n) is 7.50. The Morgan fingerprint density at radius 1 is 1.17 bits per heavy atom. The van der Waals surface area contributed by atoms with E-state index in [1.165, 1.54) is 11.3 Å². The van der Waals surface area contributed by atoms with Crippen molar-refractivity contribution < 1.29 is 9.53 Å². The molecule has 1 amide bonds. The fourth-order valence-electron chi connectivity index (χ4n) is 2.18. The second kappa shape index (κ2) is 7.61. The molecule has 122 valence electrons. The highest BCUT2D eigenvalue weighted by atomic mass is 32.1. The van der Waals surface area contributed by atoms with Crippen molar-refractivity contribution in [3.63, 3.8) is 0 Å². The van der Waals surface area contributed by atoms with Crippen LogP contribution in [0.25, 0.3) is 11.3 Å². The number of para-hydroxylation sites is 1. The van der Waals surface area contributed by atoms with Gasteiger partial charge in [-0.15, -0.1) is 11.3 Å². The number of rotatable bonds is 6. The largest absolute Gasteiger partial charge is 0.493 e. The zero-order chi connectivity index (χ0) is 16.8. The molecule has 6 heteroatoms. The van der Waals surface area contributed by atoms with Gasteiger partial charge in [0.25, 0.3) is 0 Å². The first kappa shape index (κ1) is 16.0. The molecule has 1 heterocycles. The first-order valence-corrected chi connectivity index (χ1v) is 8.38. The molecule has 0 aliphatic carbocycles. The average Bonchev–Trinajstić information content (AvgIpc) is 3.03. The monoisotopic (exact) mass is 339 g/mol. The van der Waals surface area contributed by atoms with Gasteiger partial charge in [0, 0.05) is 16.6 Å². The Bertz CT molecular complexity index is 818. The van der Waals surface area contributed by atoms with Crippen LogP contribution in [0.4, 0.5) is 10.8 Å². The summed E-state index contributed by atoms with van der Waals surface area (Å²) in [6, 6.07) is 17.0. The van der Waals surface area contributed by atoms with E-state index >= 15 is 0 Å². The van der Waals surface area contributed by atoms with E-state index in [1.807, 2.05) is 60.0 Å². The highest BCUT2D eigenvalue weighted by Crippen LogP contribution is 2.25. The van der Waals surface area contributed by atoms with Crippen LogP contribution < -0.4 is 15.8 Å². The standard InChI is InChI=1S/C18H17N3O2S/c19-18-21-16(12-24-18)13-5-4-6-14(11-13)20-17(22)9-10-23-15-7-2-1-3-8-15/h1-8,11-12H,9-10H2,(H2,19,21)(H,20,22). The lowest BCUT2D eigenvalue weighted by Gasteiger charge is -2.08. The minimum Gasteiger partial charge on any atom is -0.493 e. The summed E-state index contributed by atoms with van der Waals surface area (Å²) in [7, 11) is 0. The van der Waals surface area contributed by atoms with Crippen LogP contribution in [0.2, 0.25) is 0 Å². The summed E-state index contributed by atoms with van der Waals surface area (Å²) in [5.74, 6) is 0.661. The normalized spacial score (nSPS) is 10.3. The molecular weight excluding hydrogens is 322 g/mol. The number of carbonyl (C=O) groups is 1. The molecule has 0 saturated carbocycles. The van der Waals surface area contributed by atoms with Crippen molar-refractivity contribution in [2.45, 2.75) is 6.42 Å². The molecule has 0 fully saturated rings. The van der Waals surface area contributed by atoms with E-state index in [0.717, 1.165) is 22.7 Å². The van der Waals surface area contributed by atoms with Crippen molar-refractivity contribution in [3.05, 3.63) is 60.0 Å². The quantitative estimate of drug-likeness (QED) is 0.716. The van der Waals surface area contributed by atoms with Crippen molar-refractivity contribution in [3.8, 4) is 17.0 Å². The maximum atomic E-state index is 12.0. The average molecular weight is 339 g/mol. The minimum atomic E-state index is -0.0964. The van der Waals surface area contributed by atoms with Gasteiger partial charge in [-0.05, 0) is 24.3 Å². The fraction of sp³-hybridized carbons (Fsp3) is 0.111. The van der Waals surface area contributed by atoms with Crippen LogP contribution in [0.5, 0.6) is 5.75 Å². The molecule has 0 bridgehead atoms. The number of nitrogen functional groups attached to an aromatic ring is 1. The Labute approximate surface area is 144 Å². The van der Waals surface area contributed by atoms with Crippen LogP contribution in [-0.4, -0.2) is 17.5 Å². The molecule has 2 aromatic carbocycles. The molecular formula is C18H17N3O2S. The lowest BCUT2D eigenvalue weighted by molar-refractivity contribution is -0.116. The number of hydrogen-bond acceptors (Lipinski definition) is 5. The van der Waals surface area contributed by atoms with E-state index in [2.05, 4.69) is 10.3 Å². The molecule has 0 atom stereocenters. The lowest BCUT2D eigenvalue weighted by atomic mass is 10.1. The second-order valence-corrected chi connectivity index (χ2v) is 6.00. The van der Waals surface area contributed by atoms with Crippen molar-refractivity contribution in [2.75, 3.05) is 17.7 Å². The van der Waals surface area contributed by atoms with Crippen LogP contribution in [0, 0.1) is 0 Å². The minimum absolute atomic E-state index is 0.0964. The van der Waals surface area contributed by atoms with Gasteiger partial charge in [-0.2, -0.15) is 0 Å². The second-order valence-electron chi connectivity index (χ2n) is 5.11. The van der Waals surface area contributed by atoms with Gasteiger partial charge >= 0.3 is 0 Å². The van der Waals surface area contributed by atoms with Gasteiger partial charge in [0.1, 0.15) is 5.75 Å². The number of ether oxygens (including phenoxy) is 1. The Morgan fingerprint density at radius 2 is 2.00 bits per heavy atom. The maximum absolute atomic E-state index is 12.0. The van der Waals surface area contributed by atoms with Crippen molar-refractivity contribution in [1.82, 2.24) is 4.98 Å². The number of anilines is 2. The molecule has 3 rings (SSSR count). The van der Waals surface area contributed by atoms with Gasteiger partial charge in [0.05, 0.1) is 18.7 Å². The van der Waals surface area contributed by atoms with Gasteiger partial charge in [-0.3, -0.25) is 4.79 Å². The highest BCUT2D eigenvalue weighted by molar-refractivity contribution is 7.13. The summed E-state index contributed by atoms with van der Waals surface area (Å²) < 4.78 is 5.53. The molecule has 3 N–H and O–H groups in total. The third-order valence-electron chi connectivity index (χ3n) is 3.31. The summed E-state index contributed by atoms with van der Waals surface area (Å²) in [6.45, 7) is 0.332. The number of nitrogens with two attached hydrogens (primary N) is 1. The fourth-order valence-corrected chi connectivity index (χ4v) is 2.75. The topological polar surface area (TPSA) is 77.2 Å². The van der Waals surface area contributed by atoms with Gasteiger partial charge in [-0.1, -0.05) is 30.3 Å². The van der Waals surface area contributed by atoms with Crippen molar-refractivity contribution >= 4 is 28.1 Å². The Morgan fingerprint density at radius 3 is 2.75 bits per heavy atom. The van der Waals surface area contributed by atoms with Gasteiger partial charge in [0.15, 0.2) is 5.13 Å². The molecule has 0 radical (unpaired) electrons. The Kier molecular flexibility index (Phi) is 5.08. The van der Waals surface area contributed by atoms with Crippen molar-refractivity contribution in [2.24, 2.45) is 0 Å². The van der Waals surface area contributed by atoms with E-state index in [0.29, 0.717) is 11.7 Å². The Balaban J connectivity index is 1.54. The van der Waals surface area contributed by atoms with E-state index < -0.39 is 0 Å². The highest BCUT2D eigenvalue weighted by Gasteiger charge is 2.06. The summed E-state index contributed by atoms with van der Waals surface area (Å²) in [5.41, 5.74) is 8.11. The zero-order valence-electron chi connectivity index (χ0n) is 12.9. The number of benzene rings is 2. The maximum Gasteiger partial charge on any atom is 0.227 e. The summed E-state index contributed by atoms with van der Waals surface area (Å²) in [6.07, 6.45) is 0.281. The molecule has 24 heavy (non-hydrogen) atoms. The summed E-state index contributed by atoms with van der Waals surface area (Å²) in [5, 5.41) is 5.29. The number of thiazole rings is 1. The van der Waals surface area contributed by atoms with Gasteiger partial charge < -0.3 is 15.8 Å². The molecule has 5 nitrogen and oxygen atoms in total. The van der Waals surface area contributed by atoms with Crippen LogP contribution in [-0.2, 0) is 4.79 Å². The number of amides is 1. The number of nitrogens with zero attached hydrogens (tertiary/aromatic N) is 1. The predicted molar refractivity (Wildman–Crippen MR) is 97.1 cm³/mol. The molecule has 3 aromatic rings. The molecule has 0 unspecified atom stereocenters. The molecule has 0 spiro atoms. The third-order valence-corrected chi connectivity index (χ3v) is 3.98. The van der Waals surface area contributed by atoms with Crippen LogP contribution >= 0.6 is 11.3 Å². The number of carbonyl (C=O) groups excluding carboxylic acids is 1. The van der Waals surface area contributed by atoms with Crippen LogP contribution in [0.3, 0.4) is 0 Å². The predicted octanol–water partition coefficient (Wildman–Crippen LogP) is 3.80. The van der Waals surface area contributed by atoms with E-state index in [4.69, 9.17) is 10.5 Å². The van der Waals surface area contributed by atoms with Crippen LogP contribution in [0.1, 0.15) is 6.42 Å². The molecule has 0 aliphatic rings. The van der Waals surface area contributed by atoms with Gasteiger partial charge in [-0.25, -0.2) is 4.98 Å². The number of hydrogen-bond donors (Lipinski definition) is 2. The van der Waals surface area contributed by atoms with E-state index in [1.54, 1.807) is 0 Å². The summed E-state index contributed by atoms with van der Waals surface area (Å²) >= 11 is 1.39.